The molecule has 0 fully saturated rings. The predicted molar refractivity (Wildman–Crippen MR) is 39.4 cm³/mol. The van der Waals surface area contributed by atoms with Gasteiger partial charge < -0.3 is 0 Å². The van der Waals surface area contributed by atoms with Gasteiger partial charge in [-0.1, -0.05) is 28.6 Å². The summed E-state index contributed by atoms with van der Waals surface area (Å²) in [6.45, 7) is -0.970. The summed E-state index contributed by atoms with van der Waals surface area (Å²) in [5.41, 5.74) is 2.90. The molecular formula is C5H3Cl2P. The third kappa shape index (κ3) is 1.37. The second-order valence-corrected chi connectivity index (χ2v) is 4.78. The van der Waals surface area contributed by atoms with Crippen LogP contribution in [-0.4, -0.2) is 0 Å². The molecule has 0 saturated carbocycles. The summed E-state index contributed by atoms with van der Waals surface area (Å²) in [6.07, 6.45) is 5.54. The first kappa shape index (κ1) is 6.39. The standard InChI is InChI=1S/C5H3Cl2P/c6-8(7)5-3-1-2-4-5/h1-3H. The molecule has 3 heteroatoms. The highest BCUT2D eigenvalue weighted by Gasteiger charge is 2.03. The molecule has 0 unspecified atom stereocenters. The molecular weight excluding hydrogens is 162 g/mol. The average molecular weight is 165 g/mol. The predicted octanol–water partition coefficient (Wildman–Crippen LogP) is 3.38. The minimum Gasteiger partial charge on any atom is -0.110 e. The van der Waals surface area contributed by atoms with Crippen molar-refractivity contribution < 1.29 is 0 Å². The van der Waals surface area contributed by atoms with E-state index in [0.29, 0.717) is 0 Å². The van der Waals surface area contributed by atoms with Crippen LogP contribution in [0.4, 0.5) is 0 Å². The first-order valence-electron chi connectivity index (χ1n) is 2.06. The Kier molecular flexibility index (Phi) is 2.16. The highest BCUT2D eigenvalue weighted by molar-refractivity contribution is 8.06. The molecule has 0 heterocycles. The summed E-state index contributed by atoms with van der Waals surface area (Å²) in [4.78, 5) is 0. The van der Waals surface area contributed by atoms with Gasteiger partial charge in [0.05, 0.1) is 0 Å². The third-order valence-electron chi connectivity index (χ3n) is 0.764. The molecule has 0 aromatic carbocycles. The molecule has 0 aromatic heterocycles. The summed E-state index contributed by atoms with van der Waals surface area (Å²) in [5, 5.41) is 0.906. The molecule has 0 radical (unpaired) electrons. The second-order valence-electron chi connectivity index (χ2n) is 1.29. The molecule has 0 N–H and O–H groups in total. The monoisotopic (exact) mass is 164 g/mol. The van der Waals surface area contributed by atoms with Crippen molar-refractivity contribution in [2.45, 2.75) is 0 Å². The van der Waals surface area contributed by atoms with E-state index < -0.39 is 6.63 Å². The summed E-state index contributed by atoms with van der Waals surface area (Å²) in [5.74, 6) is 0. The molecule has 0 nitrogen and oxygen atoms in total. The molecule has 0 amide bonds. The maximum atomic E-state index is 5.54. The molecule has 42 valence electrons. The van der Waals surface area contributed by atoms with Gasteiger partial charge in [-0.3, -0.25) is 0 Å². The molecule has 1 rings (SSSR count). The van der Waals surface area contributed by atoms with E-state index in [1.165, 1.54) is 0 Å². The molecule has 0 aromatic rings. The lowest BCUT2D eigenvalue weighted by Crippen LogP contribution is -1.53. The lowest BCUT2D eigenvalue weighted by atomic mass is 10.6. The van der Waals surface area contributed by atoms with Gasteiger partial charge in [0.2, 0.25) is 0 Å². The quantitative estimate of drug-likeness (QED) is 0.412. The fraction of sp³-hybridized carbons (Fsp3) is 0. The zero-order valence-corrected chi connectivity index (χ0v) is 6.34. The molecule has 0 spiro atoms. The topological polar surface area (TPSA) is 0 Å². The zero-order valence-electron chi connectivity index (χ0n) is 3.94. The van der Waals surface area contributed by atoms with Crippen LogP contribution >= 0.6 is 29.1 Å². The van der Waals surface area contributed by atoms with E-state index in [0.717, 1.165) is 5.31 Å². The van der Waals surface area contributed by atoms with Crippen molar-refractivity contribution in [2.75, 3.05) is 0 Å². The summed E-state index contributed by atoms with van der Waals surface area (Å²) >= 11 is 11.1. The minimum atomic E-state index is -0.970. The van der Waals surface area contributed by atoms with Gasteiger partial charge in [0.25, 0.3) is 0 Å². The Balaban J connectivity index is 2.74. The van der Waals surface area contributed by atoms with Gasteiger partial charge in [0, 0.05) is 5.31 Å². The van der Waals surface area contributed by atoms with Crippen LogP contribution in [0.15, 0.2) is 29.3 Å². The number of halogens is 2. The van der Waals surface area contributed by atoms with E-state index in [1.54, 1.807) is 6.08 Å². The number of rotatable bonds is 1. The van der Waals surface area contributed by atoms with E-state index in [-0.39, 0.29) is 0 Å². The molecule has 1 aliphatic rings. The molecule has 0 atom stereocenters. The van der Waals surface area contributed by atoms with Gasteiger partial charge in [-0.2, -0.15) is 0 Å². The highest BCUT2D eigenvalue weighted by atomic mass is 35.9. The lowest BCUT2D eigenvalue weighted by molar-refractivity contribution is 2.04. The Morgan fingerprint density at radius 2 is 2.25 bits per heavy atom. The van der Waals surface area contributed by atoms with E-state index in [9.17, 15) is 0 Å². The fourth-order valence-corrected chi connectivity index (χ4v) is 1.43. The third-order valence-corrected chi connectivity index (χ3v) is 2.50. The molecule has 1 aliphatic carbocycles. The van der Waals surface area contributed by atoms with Crippen LogP contribution in [0.5, 0.6) is 0 Å². The maximum absolute atomic E-state index is 5.54. The second kappa shape index (κ2) is 2.71. The van der Waals surface area contributed by atoms with Crippen molar-refractivity contribution in [2.24, 2.45) is 0 Å². The van der Waals surface area contributed by atoms with E-state index in [1.807, 2.05) is 12.2 Å². The van der Waals surface area contributed by atoms with Crippen molar-refractivity contribution in [1.29, 1.82) is 0 Å². The Bertz CT molecular complexity index is 175. The SMILES string of the molecule is ClP(Cl)C1=C=CC=C1. The van der Waals surface area contributed by atoms with Crippen molar-refractivity contribution in [3.8, 4) is 0 Å². The average Bonchev–Trinajstić information content (AvgIpc) is 2.12. The Labute approximate surface area is 58.8 Å². The number of hydrogen-bond acceptors (Lipinski definition) is 0. The number of allylic oxidation sites excluding steroid dienone is 3. The Morgan fingerprint density at radius 1 is 1.50 bits per heavy atom. The van der Waals surface area contributed by atoms with Crippen LogP contribution < -0.4 is 0 Å². The lowest BCUT2D eigenvalue weighted by Gasteiger charge is -1.91. The van der Waals surface area contributed by atoms with Crippen molar-refractivity contribution in [1.82, 2.24) is 0 Å². The summed E-state index contributed by atoms with van der Waals surface area (Å²) < 4.78 is 0. The summed E-state index contributed by atoms with van der Waals surface area (Å²) in [6, 6.07) is 0. The largest absolute Gasteiger partial charge is 0.124 e. The Morgan fingerprint density at radius 3 is 2.50 bits per heavy atom. The number of hydrogen-bond donors (Lipinski definition) is 0. The van der Waals surface area contributed by atoms with Gasteiger partial charge in [0.1, 0.15) is 6.63 Å². The smallest absolute Gasteiger partial charge is 0.110 e. The van der Waals surface area contributed by atoms with Crippen LogP contribution in [0.3, 0.4) is 0 Å². The van der Waals surface area contributed by atoms with Gasteiger partial charge in [-0.15, -0.1) is 5.73 Å². The van der Waals surface area contributed by atoms with Gasteiger partial charge in [0.15, 0.2) is 0 Å². The first-order chi connectivity index (χ1) is 3.80. The van der Waals surface area contributed by atoms with Gasteiger partial charge in [-0.25, -0.2) is 0 Å². The molecule has 0 bridgehead atoms. The van der Waals surface area contributed by atoms with Gasteiger partial charge in [-0.05, 0) is 12.2 Å². The highest BCUT2D eigenvalue weighted by Crippen LogP contribution is 2.55. The van der Waals surface area contributed by atoms with Crippen LogP contribution in [0.2, 0.25) is 0 Å². The zero-order chi connectivity index (χ0) is 5.98. The van der Waals surface area contributed by atoms with E-state index in [2.05, 4.69) is 5.73 Å². The van der Waals surface area contributed by atoms with E-state index >= 15 is 0 Å². The van der Waals surface area contributed by atoms with Crippen LogP contribution in [0.1, 0.15) is 0 Å². The fourth-order valence-electron chi connectivity index (χ4n) is 0.426. The molecule has 0 saturated heterocycles. The maximum Gasteiger partial charge on any atom is 0.124 e. The normalized spacial score (nSPS) is 15.6. The molecule has 0 aliphatic heterocycles. The summed E-state index contributed by atoms with van der Waals surface area (Å²) in [7, 11) is 0. The Hall–Kier alpha value is 0.270. The van der Waals surface area contributed by atoms with E-state index in [4.69, 9.17) is 22.5 Å². The van der Waals surface area contributed by atoms with Crippen molar-refractivity contribution >= 4 is 29.1 Å². The molecule has 8 heavy (non-hydrogen) atoms. The van der Waals surface area contributed by atoms with Crippen LogP contribution in [0.25, 0.3) is 0 Å². The van der Waals surface area contributed by atoms with Crippen LogP contribution in [-0.2, 0) is 0 Å². The van der Waals surface area contributed by atoms with Crippen LogP contribution in [0, 0.1) is 0 Å². The van der Waals surface area contributed by atoms with Crippen molar-refractivity contribution in [3.63, 3.8) is 0 Å². The van der Waals surface area contributed by atoms with Gasteiger partial charge >= 0.3 is 0 Å². The first-order valence-corrected chi connectivity index (χ1v) is 5.21. The van der Waals surface area contributed by atoms with Crippen molar-refractivity contribution in [3.05, 3.63) is 29.3 Å². The minimum absolute atomic E-state index is 0.906.